The van der Waals surface area contributed by atoms with Gasteiger partial charge in [-0.25, -0.2) is 4.98 Å². The summed E-state index contributed by atoms with van der Waals surface area (Å²) in [6, 6.07) is 16.7. The van der Waals surface area contributed by atoms with E-state index in [2.05, 4.69) is 20.6 Å². The number of carbonyl (C=O) groups excluding carboxylic acids is 2. The van der Waals surface area contributed by atoms with E-state index in [0.29, 0.717) is 23.2 Å². The van der Waals surface area contributed by atoms with Crippen LogP contribution in [0.3, 0.4) is 0 Å². The van der Waals surface area contributed by atoms with Crippen LogP contribution in [0.25, 0.3) is 21.7 Å². The number of imidazole rings is 1. The highest BCUT2D eigenvalue weighted by atomic mass is 35.5. The van der Waals surface area contributed by atoms with Gasteiger partial charge < -0.3 is 25.3 Å². The molecule has 3 heterocycles. The number of benzene rings is 2. The number of anilines is 3. The molecule has 0 atom stereocenters. The van der Waals surface area contributed by atoms with Crippen LogP contribution in [0.4, 0.5) is 17.1 Å². The first-order chi connectivity index (χ1) is 16.0. The van der Waals surface area contributed by atoms with E-state index in [9.17, 15) is 9.59 Å². The Bertz CT molecular complexity index is 1320. The largest absolute Gasteiger partial charge is 0.376 e. The molecule has 0 saturated carbocycles. The van der Waals surface area contributed by atoms with E-state index in [1.54, 1.807) is 17.0 Å². The minimum absolute atomic E-state index is 0.0672. The Hall–Kier alpha value is -3.40. The lowest BCUT2D eigenvalue weighted by atomic mass is 10.2. The summed E-state index contributed by atoms with van der Waals surface area (Å²) in [4.78, 5) is 34.9. The molecule has 1 fully saturated rings. The van der Waals surface area contributed by atoms with Crippen LogP contribution in [-0.4, -0.2) is 48.1 Å². The van der Waals surface area contributed by atoms with Crippen LogP contribution in [0.1, 0.15) is 0 Å². The minimum Gasteiger partial charge on any atom is -0.376 e. The molecule has 33 heavy (non-hydrogen) atoms. The highest BCUT2D eigenvalue weighted by Gasteiger charge is 2.20. The molecule has 2 aromatic heterocycles. The fourth-order valence-corrected chi connectivity index (χ4v) is 4.57. The van der Waals surface area contributed by atoms with Crippen LogP contribution in [0.15, 0.2) is 54.6 Å². The summed E-state index contributed by atoms with van der Waals surface area (Å²) in [5, 5.41) is 5.98. The molecule has 4 aromatic rings. The van der Waals surface area contributed by atoms with E-state index in [4.69, 9.17) is 16.3 Å². The van der Waals surface area contributed by atoms with Gasteiger partial charge in [-0.15, -0.1) is 11.3 Å². The predicted octanol–water partition coefficient (Wildman–Crippen LogP) is 4.36. The minimum atomic E-state index is -0.179. The van der Waals surface area contributed by atoms with Crippen molar-refractivity contribution in [1.82, 2.24) is 9.97 Å². The number of carbonyl (C=O) groups is 2. The molecule has 1 saturated heterocycles. The third-order valence-electron chi connectivity index (χ3n) is 5.19. The lowest BCUT2D eigenvalue weighted by Gasteiger charge is -2.26. The average molecular weight is 482 g/mol. The van der Waals surface area contributed by atoms with Crippen LogP contribution in [0.5, 0.6) is 0 Å². The fourth-order valence-electron chi connectivity index (χ4n) is 3.58. The summed E-state index contributed by atoms with van der Waals surface area (Å²) in [6.07, 6.45) is 0. The van der Waals surface area contributed by atoms with Gasteiger partial charge in [0.1, 0.15) is 12.4 Å². The highest BCUT2D eigenvalue weighted by Crippen LogP contribution is 2.31. The summed E-state index contributed by atoms with van der Waals surface area (Å²) >= 11 is 7.48. The molecule has 0 bridgehead atoms. The number of hydrogen-bond donors (Lipinski definition) is 3. The molecule has 168 valence electrons. The number of halogens is 1. The summed E-state index contributed by atoms with van der Waals surface area (Å²) in [5.41, 5.74) is 3.95. The fraction of sp³-hybridized carbons (Fsp3) is 0.174. The number of ether oxygens (including phenoxy) is 1. The topological polar surface area (TPSA) is 99.3 Å². The summed E-state index contributed by atoms with van der Waals surface area (Å²) in [5.74, 6) is 0.516. The number of thiophene rings is 1. The average Bonchev–Trinajstić information content (AvgIpc) is 3.44. The van der Waals surface area contributed by atoms with Crippen molar-refractivity contribution in [3.63, 3.8) is 0 Å². The number of morpholine rings is 1. The van der Waals surface area contributed by atoms with Crippen molar-refractivity contribution >= 4 is 62.8 Å². The predicted molar refractivity (Wildman–Crippen MR) is 131 cm³/mol. The normalized spacial score (nSPS) is 14.0. The molecule has 0 spiro atoms. The number of aromatic nitrogens is 2. The first-order valence-electron chi connectivity index (χ1n) is 10.3. The van der Waals surface area contributed by atoms with Crippen LogP contribution >= 0.6 is 22.9 Å². The monoisotopic (exact) mass is 481 g/mol. The Morgan fingerprint density at radius 3 is 2.73 bits per heavy atom. The van der Waals surface area contributed by atoms with E-state index >= 15 is 0 Å². The molecule has 1 aliphatic heterocycles. The van der Waals surface area contributed by atoms with E-state index in [-0.39, 0.29) is 25.0 Å². The second-order valence-electron chi connectivity index (χ2n) is 7.47. The second kappa shape index (κ2) is 9.22. The standard InChI is InChI=1S/C23H20ClN5O3S/c24-20-8-7-19(33-20)23-27-17-6-3-15(11-18(17)28-23)25-12-21(30)26-14-1-4-16(5-2-14)29-9-10-32-13-22(29)31/h1-8,11,25H,9-10,12-13H2,(H,26,30)(H,27,28). The maximum atomic E-state index is 12.4. The smallest absolute Gasteiger partial charge is 0.253 e. The van der Waals surface area contributed by atoms with Gasteiger partial charge in [-0.1, -0.05) is 11.6 Å². The zero-order valence-corrected chi connectivity index (χ0v) is 19.0. The summed E-state index contributed by atoms with van der Waals surface area (Å²) in [7, 11) is 0. The Kier molecular flexibility index (Phi) is 5.99. The van der Waals surface area contributed by atoms with Crippen molar-refractivity contribution in [2.45, 2.75) is 0 Å². The van der Waals surface area contributed by atoms with Crippen molar-refractivity contribution < 1.29 is 14.3 Å². The van der Waals surface area contributed by atoms with Crippen LogP contribution in [0.2, 0.25) is 4.34 Å². The third kappa shape index (κ3) is 4.85. The van der Waals surface area contributed by atoms with Crippen LogP contribution in [-0.2, 0) is 14.3 Å². The Morgan fingerprint density at radius 2 is 1.97 bits per heavy atom. The van der Waals surface area contributed by atoms with Gasteiger partial charge in [-0.2, -0.15) is 0 Å². The number of fused-ring (bicyclic) bond motifs is 1. The molecule has 5 rings (SSSR count). The second-order valence-corrected chi connectivity index (χ2v) is 9.18. The van der Waals surface area contributed by atoms with E-state index in [0.717, 1.165) is 33.1 Å². The maximum absolute atomic E-state index is 12.4. The number of amides is 2. The molecule has 8 nitrogen and oxygen atoms in total. The number of nitrogens with one attached hydrogen (secondary N) is 3. The molecule has 10 heteroatoms. The lowest BCUT2D eigenvalue weighted by Crippen LogP contribution is -2.41. The molecule has 0 radical (unpaired) electrons. The van der Waals surface area contributed by atoms with Gasteiger partial charge in [0.2, 0.25) is 5.91 Å². The van der Waals surface area contributed by atoms with E-state index in [1.807, 2.05) is 42.5 Å². The van der Waals surface area contributed by atoms with Crippen molar-refractivity contribution in [2.24, 2.45) is 0 Å². The number of H-pyrrole nitrogens is 1. The molecule has 0 aliphatic carbocycles. The molecular weight excluding hydrogens is 462 g/mol. The van der Waals surface area contributed by atoms with Gasteiger partial charge >= 0.3 is 0 Å². The summed E-state index contributed by atoms with van der Waals surface area (Å²) < 4.78 is 5.87. The van der Waals surface area contributed by atoms with E-state index in [1.165, 1.54) is 11.3 Å². The molecule has 0 unspecified atom stereocenters. The van der Waals surface area contributed by atoms with Gasteiger partial charge in [0.15, 0.2) is 0 Å². The van der Waals surface area contributed by atoms with Crippen molar-refractivity contribution in [3.05, 3.63) is 58.9 Å². The SMILES string of the molecule is O=C(CNc1ccc2[nH]c(-c3ccc(Cl)s3)nc2c1)Nc1ccc(N2CCOCC2=O)cc1. The van der Waals surface area contributed by atoms with Crippen LogP contribution < -0.4 is 15.5 Å². The number of nitrogens with zero attached hydrogens (tertiary/aromatic N) is 2. The molecule has 2 aromatic carbocycles. The first-order valence-corrected chi connectivity index (χ1v) is 11.5. The number of aromatic amines is 1. The van der Waals surface area contributed by atoms with Gasteiger partial charge in [0.05, 0.1) is 33.4 Å². The van der Waals surface area contributed by atoms with Crippen molar-refractivity contribution in [2.75, 3.05) is 41.8 Å². The van der Waals surface area contributed by atoms with Crippen molar-refractivity contribution in [1.29, 1.82) is 0 Å². The number of rotatable bonds is 6. The Morgan fingerprint density at radius 1 is 1.15 bits per heavy atom. The molecular formula is C23H20ClN5O3S. The maximum Gasteiger partial charge on any atom is 0.253 e. The van der Waals surface area contributed by atoms with Gasteiger partial charge in [0.25, 0.3) is 5.91 Å². The molecule has 3 N–H and O–H groups in total. The third-order valence-corrected chi connectivity index (χ3v) is 6.43. The lowest BCUT2D eigenvalue weighted by molar-refractivity contribution is -0.125. The zero-order valence-electron chi connectivity index (χ0n) is 17.4. The van der Waals surface area contributed by atoms with Crippen LogP contribution in [0, 0.1) is 0 Å². The van der Waals surface area contributed by atoms with E-state index < -0.39 is 0 Å². The Labute approximate surface area is 198 Å². The van der Waals surface area contributed by atoms with Gasteiger partial charge in [-0.05, 0) is 54.6 Å². The Balaban J connectivity index is 1.19. The summed E-state index contributed by atoms with van der Waals surface area (Å²) in [6.45, 7) is 1.24. The highest BCUT2D eigenvalue weighted by molar-refractivity contribution is 7.19. The van der Waals surface area contributed by atoms with Crippen molar-refractivity contribution in [3.8, 4) is 10.7 Å². The van der Waals surface area contributed by atoms with Gasteiger partial charge in [-0.3, -0.25) is 9.59 Å². The molecule has 1 aliphatic rings. The number of hydrogen-bond acceptors (Lipinski definition) is 6. The van der Waals surface area contributed by atoms with Gasteiger partial charge in [0, 0.05) is 23.6 Å². The zero-order chi connectivity index (χ0) is 22.8. The first kappa shape index (κ1) is 21.4. The molecule has 2 amide bonds. The quantitative estimate of drug-likeness (QED) is 0.380.